The normalized spacial score (nSPS) is 15.6. The van der Waals surface area contributed by atoms with Crippen molar-refractivity contribution in [2.75, 3.05) is 29.5 Å². The van der Waals surface area contributed by atoms with E-state index in [0.29, 0.717) is 13.1 Å². The maximum absolute atomic E-state index is 11.3. The van der Waals surface area contributed by atoms with Crippen LogP contribution in [0.4, 0.5) is 17.2 Å². The van der Waals surface area contributed by atoms with E-state index < -0.39 is 11.7 Å². The Balaban J connectivity index is 2.59. The van der Waals surface area contributed by atoms with E-state index >= 15 is 0 Å². The van der Waals surface area contributed by atoms with Crippen molar-refractivity contribution >= 4 is 17.2 Å². The minimum absolute atomic E-state index is 0.0542. The molecule has 2 heterocycles. The van der Waals surface area contributed by atoms with Crippen molar-refractivity contribution in [1.82, 2.24) is 0 Å². The van der Waals surface area contributed by atoms with Crippen molar-refractivity contribution in [2.45, 2.75) is 12.8 Å². The predicted octanol–water partition coefficient (Wildman–Crippen LogP) is -1.58. The minimum Gasteiger partial charge on any atom is -0.657 e. The second-order valence-electron chi connectivity index (χ2n) is 3.71. The summed E-state index contributed by atoms with van der Waals surface area (Å²) in [5, 5.41) is 32.0. The fraction of sp³-hybridized carbons (Fsp3) is 0.500. The molecule has 0 radical (unpaired) electrons. The summed E-state index contributed by atoms with van der Waals surface area (Å²) >= 11 is 0. The first-order valence-corrected chi connectivity index (χ1v) is 4.92. The molecule has 0 amide bonds. The molecule has 1 aliphatic heterocycles. The largest absolute Gasteiger partial charge is 0.657 e. The van der Waals surface area contributed by atoms with E-state index in [1.807, 2.05) is 0 Å². The molecule has 0 saturated carbocycles. The lowest BCUT2D eigenvalue weighted by molar-refractivity contribution is -1.18. The Morgan fingerprint density at radius 1 is 1.12 bits per heavy atom. The highest BCUT2D eigenvalue weighted by molar-refractivity contribution is 5.77. The van der Waals surface area contributed by atoms with Crippen molar-refractivity contribution < 1.29 is 14.8 Å². The van der Waals surface area contributed by atoms with Gasteiger partial charge in [0, 0.05) is 22.8 Å². The third-order valence-electron chi connectivity index (χ3n) is 2.72. The average molecular weight is 227 g/mol. The monoisotopic (exact) mass is 227 g/mol. The number of nitrogen functional groups attached to an aromatic ring is 2. The van der Waals surface area contributed by atoms with Gasteiger partial charge in [0.05, 0.1) is 0 Å². The average Bonchev–Trinajstić information content (AvgIpc) is 2.77. The van der Waals surface area contributed by atoms with E-state index in [1.54, 1.807) is 4.90 Å². The Hall–Kier alpha value is -2.12. The molecule has 88 valence electrons. The van der Waals surface area contributed by atoms with E-state index in [9.17, 15) is 15.5 Å². The van der Waals surface area contributed by atoms with Crippen LogP contribution in [0.1, 0.15) is 12.8 Å². The molecule has 0 spiro atoms. The van der Waals surface area contributed by atoms with Crippen LogP contribution >= 0.6 is 0 Å². The molecule has 2 rings (SSSR count). The molecule has 1 saturated heterocycles. The maximum Gasteiger partial charge on any atom is 0.446 e. The molecule has 0 bridgehead atoms. The van der Waals surface area contributed by atoms with E-state index in [1.165, 1.54) is 0 Å². The van der Waals surface area contributed by atoms with Gasteiger partial charge >= 0.3 is 11.7 Å². The smallest absolute Gasteiger partial charge is 0.446 e. The first kappa shape index (κ1) is 10.4. The van der Waals surface area contributed by atoms with Gasteiger partial charge in [-0.05, 0) is 12.8 Å². The van der Waals surface area contributed by atoms with Gasteiger partial charge in [-0.3, -0.25) is 5.73 Å². The molecule has 0 atom stereocenters. The Morgan fingerprint density at radius 2 is 1.69 bits per heavy atom. The van der Waals surface area contributed by atoms with Crippen LogP contribution in [0, 0.1) is 10.4 Å². The third kappa shape index (κ3) is 1.30. The number of hydrogen-bond acceptors (Lipinski definition) is 6. The molecule has 1 aromatic heterocycles. The van der Waals surface area contributed by atoms with Gasteiger partial charge in [-0.2, -0.15) is 0 Å². The van der Waals surface area contributed by atoms with E-state index in [0.717, 1.165) is 12.8 Å². The third-order valence-corrected chi connectivity index (χ3v) is 2.72. The molecular formula is C8H13N5O3. The summed E-state index contributed by atoms with van der Waals surface area (Å²) in [6.07, 6.45) is 1.90. The van der Waals surface area contributed by atoms with Crippen molar-refractivity contribution in [2.24, 2.45) is 0 Å². The summed E-state index contributed by atoms with van der Waals surface area (Å²) in [5.41, 5.74) is 11.1. The Kier molecular flexibility index (Phi) is 2.26. The fourth-order valence-corrected chi connectivity index (χ4v) is 1.87. The lowest BCUT2D eigenvalue weighted by Gasteiger charge is -2.19. The van der Waals surface area contributed by atoms with Crippen molar-refractivity contribution in [3.63, 3.8) is 0 Å². The molecule has 5 N–H and O–H groups in total. The zero-order chi connectivity index (χ0) is 11.9. The molecule has 8 heteroatoms. The van der Waals surface area contributed by atoms with E-state index in [4.69, 9.17) is 11.5 Å². The number of nitrogens with two attached hydrogens (primary N) is 2. The van der Waals surface area contributed by atoms with Gasteiger partial charge in [-0.1, -0.05) is 0 Å². The number of aromatic hydroxyl groups is 1. The Bertz CT molecular complexity index is 401. The molecule has 0 unspecified atom stereocenters. The van der Waals surface area contributed by atoms with Gasteiger partial charge in [-0.25, -0.2) is 0 Å². The molecule has 8 nitrogen and oxygen atoms in total. The van der Waals surface area contributed by atoms with Crippen molar-refractivity contribution in [1.29, 1.82) is 0 Å². The highest BCUT2D eigenvalue weighted by atomic mass is 16.6. The highest BCUT2D eigenvalue weighted by Gasteiger charge is 2.31. The van der Waals surface area contributed by atoms with Crippen LogP contribution in [0.25, 0.3) is 0 Å². The standard InChI is InChI=1S/C8H13N5O3/c9-5-6(11-3-1-2-4-11)8(14)13(16)12(15)7(5)10/h14H,1-4,9-10H2. The van der Waals surface area contributed by atoms with Crippen LogP contribution in [0.2, 0.25) is 0 Å². The Labute approximate surface area is 91.4 Å². The van der Waals surface area contributed by atoms with Crippen molar-refractivity contribution in [3.8, 4) is 5.88 Å². The number of rotatable bonds is 1. The number of nitrogens with zero attached hydrogens (tertiary/aromatic N) is 3. The maximum atomic E-state index is 11.3. The van der Waals surface area contributed by atoms with Crippen LogP contribution in [-0.2, 0) is 0 Å². The van der Waals surface area contributed by atoms with Crippen molar-refractivity contribution in [3.05, 3.63) is 10.4 Å². The number of anilines is 3. The minimum atomic E-state index is -0.705. The lowest BCUT2D eigenvalue weighted by atomic mass is 10.3. The van der Waals surface area contributed by atoms with Gasteiger partial charge < -0.3 is 26.2 Å². The SMILES string of the molecule is Nc1c(N2CCCC2)c(O)[n+]([O-])[n+]([O-])c1N. The molecule has 1 aliphatic rings. The second kappa shape index (κ2) is 3.47. The predicted molar refractivity (Wildman–Crippen MR) is 56.3 cm³/mol. The van der Waals surface area contributed by atoms with Gasteiger partial charge in [-0.15, -0.1) is 0 Å². The second-order valence-corrected chi connectivity index (χ2v) is 3.71. The summed E-state index contributed by atoms with van der Waals surface area (Å²) in [6.45, 7) is 1.36. The fourth-order valence-electron chi connectivity index (χ4n) is 1.87. The van der Waals surface area contributed by atoms with Gasteiger partial charge in [0.1, 0.15) is 0 Å². The summed E-state index contributed by atoms with van der Waals surface area (Å²) in [4.78, 5) is 1.36. The van der Waals surface area contributed by atoms with E-state index in [2.05, 4.69) is 0 Å². The van der Waals surface area contributed by atoms with Gasteiger partial charge in [0.2, 0.25) is 0 Å². The van der Waals surface area contributed by atoms with Crippen LogP contribution < -0.4 is 26.1 Å². The molecular weight excluding hydrogens is 214 g/mol. The molecule has 16 heavy (non-hydrogen) atoms. The quantitative estimate of drug-likeness (QED) is 0.392. The summed E-state index contributed by atoms with van der Waals surface area (Å²) in [7, 11) is 0. The number of aromatic nitrogens is 2. The molecule has 0 aliphatic carbocycles. The van der Waals surface area contributed by atoms with E-state index in [-0.39, 0.29) is 21.1 Å². The lowest BCUT2D eigenvalue weighted by Crippen LogP contribution is -2.62. The zero-order valence-corrected chi connectivity index (χ0v) is 8.59. The highest BCUT2D eigenvalue weighted by Crippen LogP contribution is 2.34. The molecule has 0 aromatic carbocycles. The topological polar surface area (TPSA) is 129 Å². The number of hydrogen-bond donors (Lipinski definition) is 3. The summed E-state index contributed by atoms with van der Waals surface area (Å²) < 4.78 is 0. The summed E-state index contributed by atoms with van der Waals surface area (Å²) in [5.74, 6) is -1.10. The summed E-state index contributed by atoms with van der Waals surface area (Å²) in [6, 6.07) is 0. The van der Waals surface area contributed by atoms with Gasteiger partial charge in [0.25, 0.3) is 0 Å². The Morgan fingerprint density at radius 3 is 2.25 bits per heavy atom. The zero-order valence-electron chi connectivity index (χ0n) is 8.59. The molecule has 1 fully saturated rings. The van der Waals surface area contributed by atoms with Crippen LogP contribution in [0.5, 0.6) is 5.88 Å². The van der Waals surface area contributed by atoms with Crippen LogP contribution in [0.15, 0.2) is 0 Å². The van der Waals surface area contributed by atoms with Gasteiger partial charge in [0.15, 0.2) is 11.4 Å². The van der Waals surface area contributed by atoms with Crippen LogP contribution in [-0.4, -0.2) is 18.2 Å². The first-order valence-electron chi connectivity index (χ1n) is 4.92. The molecule has 1 aromatic rings. The van der Waals surface area contributed by atoms with Crippen LogP contribution in [0.3, 0.4) is 0 Å². The first-order chi connectivity index (χ1) is 7.54.